The van der Waals surface area contributed by atoms with Crippen LogP contribution < -0.4 is 10.1 Å². The molecule has 3 aromatic rings. The van der Waals surface area contributed by atoms with Crippen molar-refractivity contribution in [3.63, 3.8) is 0 Å². The highest BCUT2D eigenvalue weighted by Crippen LogP contribution is 2.36. The van der Waals surface area contributed by atoms with Crippen LogP contribution in [0.5, 0.6) is 5.75 Å². The fraction of sp³-hybridized carbons (Fsp3) is 0.0476. The number of furan rings is 1. The van der Waals surface area contributed by atoms with Gasteiger partial charge in [0.15, 0.2) is 5.17 Å². The molecule has 1 aliphatic rings. The van der Waals surface area contributed by atoms with Crippen LogP contribution in [0.3, 0.4) is 0 Å². The highest BCUT2D eigenvalue weighted by Gasteiger charge is 2.24. The third-order valence-corrected chi connectivity index (χ3v) is 5.60. The van der Waals surface area contributed by atoms with Crippen molar-refractivity contribution in [3.8, 4) is 17.1 Å². The Hall–Kier alpha value is -2.67. The van der Waals surface area contributed by atoms with Gasteiger partial charge in [0.1, 0.15) is 17.3 Å². The molecular weight excluding hydrogens is 431 g/mol. The number of rotatable bonds is 4. The molecule has 29 heavy (non-hydrogen) atoms. The first-order valence-corrected chi connectivity index (χ1v) is 10.1. The van der Waals surface area contributed by atoms with Crippen LogP contribution in [0.25, 0.3) is 17.4 Å². The molecule has 1 aliphatic heterocycles. The highest BCUT2D eigenvalue weighted by molar-refractivity contribution is 8.18. The van der Waals surface area contributed by atoms with E-state index in [1.165, 1.54) is 11.8 Å². The number of aliphatic imine (C=N–C) groups is 1. The van der Waals surface area contributed by atoms with E-state index in [1.54, 1.807) is 43.5 Å². The van der Waals surface area contributed by atoms with Gasteiger partial charge in [-0.1, -0.05) is 29.3 Å². The van der Waals surface area contributed by atoms with E-state index in [-0.39, 0.29) is 5.91 Å². The molecule has 0 aliphatic carbocycles. The second-order valence-corrected chi connectivity index (χ2v) is 7.82. The molecule has 5 nitrogen and oxygen atoms in total. The number of amides is 1. The summed E-state index contributed by atoms with van der Waals surface area (Å²) in [5.74, 6) is 1.54. The average Bonchev–Trinajstić information content (AvgIpc) is 3.29. The van der Waals surface area contributed by atoms with Gasteiger partial charge in [0.25, 0.3) is 5.91 Å². The van der Waals surface area contributed by atoms with Crippen LogP contribution in [-0.4, -0.2) is 18.2 Å². The van der Waals surface area contributed by atoms with Gasteiger partial charge in [0.05, 0.1) is 33.3 Å². The smallest absolute Gasteiger partial charge is 0.264 e. The zero-order chi connectivity index (χ0) is 20.4. The van der Waals surface area contributed by atoms with Gasteiger partial charge in [0, 0.05) is 6.08 Å². The van der Waals surface area contributed by atoms with Crippen molar-refractivity contribution in [3.05, 3.63) is 75.3 Å². The third kappa shape index (κ3) is 4.34. The first kappa shape index (κ1) is 19.6. The molecular formula is C21H14Cl2N2O3S. The predicted octanol–water partition coefficient (Wildman–Crippen LogP) is 6.15. The number of halogens is 2. The second kappa shape index (κ2) is 8.37. The highest BCUT2D eigenvalue weighted by atomic mass is 35.5. The summed E-state index contributed by atoms with van der Waals surface area (Å²) < 4.78 is 11.0. The molecule has 2 heterocycles. The van der Waals surface area contributed by atoms with Gasteiger partial charge >= 0.3 is 0 Å². The Morgan fingerprint density at radius 1 is 1.07 bits per heavy atom. The number of carbonyl (C=O) groups excluding carboxylic acids is 1. The molecule has 1 fully saturated rings. The van der Waals surface area contributed by atoms with E-state index in [1.807, 2.05) is 24.3 Å². The van der Waals surface area contributed by atoms with Crippen molar-refractivity contribution >= 4 is 57.8 Å². The zero-order valence-electron chi connectivity index (χ0n) is 15.1. The molecule has 0 atom stereocenters. The van der Waals surface area contributed by atoms with Gasteiger partial charge in [-0.25, -0.2) is 4.99 Å². The van der Waals surface area contributed by atoms with Crippen LogP contribution in [0.15, 0.2) is 68.9 Å². The average molecular weight is 445 g/mol. The molecule has 0 saturated carbocycles. The lowest BCUT2D eigenvalue weighted by Crippen LogP contribution is -2.19. The summed E-state index contributed by atoms with van der Waals surface area (Å²) in [4.78, 5) is 17.2. The molecule has 1 aromatic heterocycles. The first-order valence-electron chi connectivity index (χ1n) is 8.51. The van der Waals surface area contributed by atoms with Crippen LogP contribution in [0, 0.1) is 0 Å². The van der Waals surface area contributed by atoms with Crippen molar-refractivity contribution < 1.29 is 13.9 Å². The summed E-state index contributed by atoms with van der Waals surface area (Å²) in [5.41, 5.74) is 1.33. The van der Waals surface area contributed by atoms with Crippen LogP contribution in [0.1, 0.15) is 5.76 Å². The number of thioether (sulfide) groups is 1. The van der Waals surface area contributed by atoms with Gasteiger partial charge in [-0.2, -0.15) is 0 Å². The number of ether oxygens (including phenoxy) is 1. The van der Waals surface area contributed by atoms with Crippen molar-refractivity contribution in [1.82, 2.24) is 5.32 Å². The van der Waals surface area contributed by atoms with E-state index < -0.39 is 0 Å². The van der Waals surface area contributed by atoms with Crippen LogP contribution in [-0.2, 0) is 4.79 Å². The second-order valence-electron chi connectivity index (χ2n) is 5.98. The van der Waals surface area contributed by atoms with Gasteiger partial charge in [-0.15, -0.1) is 0 Å². The molecule has 4 rings (SSSR count). The molecule has 1 saturated heterocycles. The lowest BCUT2D eigenvalue weighted by atomic mass is 10.2. The molecule has 0 unspecified atom stereocenters. The number of nitrogens with zero attached hydrogens (tertiary/aromatic N) is 1. The standard InChI is InChI=1S/C21H14Cl2N2O3S/c1-27-13-7-5-12(6-8-13)24-21-25-20(26)18(29-21)11-14-9-10-17(28-14)19-15(22)3-2-4-16(19)23/h2-11H,1H3,(H,24,25,26)/b18-11+. The summed E-state index contributed by atoms with van der Waals surface area (Å²) in [7, 11) is 1.60. The van der Waals surface area contributed by atoms with E-state index in [9.17, 15) is 4.79 Å². The topological polar surface area (TPSA) is 63.8 Å². The maximum atomic E-state index is 12.3. The minimum absolute atomic E-state index is 0.240. The zero-order valence-corrected chi connectivity index (χ0v) is 17.4. The minimum atomic E-state index is -0.240. The Bertz CT molecular complexity index is 1120. The number of amidine groups is 1. The molecule has 2 aromatic carbocycles. The maximum Gasteiger partial charge on any atom is 0.264 e. The summed E-state index contributed by atoms with van der Waals surface area (Å²) in [5, 5.41) is 4.23. The van der Waals surface area contributed by atoms with Crippen LogP contribution in [0.2, 0.25) is 10.0 Å². The van der Waals surface area contributed by atoms with Crippen molar-refractivity contribution in [1.29, 1.82) is 0 Å². The van der Waals surface area contributed by atoms with E-state index in [2.05, 4.69) is 10.3 Å². The van der Waals surface area contributed by atoms with Gasteiger partial charge in [-0.3, -0.25) is 4.79 Å². The van der Waals surface area contributed by atoms with Gasteiger partial charge in [-0.05, 0) is 60.3 Å². The quantitative estimate of drug-likeness (QED) is 0.489. The Balaban J connectivity index is 1.55. The van der Waals surface area contributed by atoms with E-state index in [0.29, 0.717) is 42.9 Å². The van der Waals surface area contributed by atoms with E-state index in [0.717, 1.165) is 5.75 Å². The Kier molecular flexibility index (Phi) is 5.67. The Morgan fingerprint density at radius 3 is 2.48 bits per heavy atom. The molecule has 146 valence electrons. The number of benzene rings is 2. The molecule has 1 amide bonds. The molecule has 1 N–H and O–H groups in total. The van der Waals surface area contributed by atoms with Crippen molar-refractivity contribution in [2.24, 2.45) is 4.99 Å². The van der Waals surface area contributed by atoms with Crippen LogP contribution in [0.4, 0.5) is 5.69 Å². The summed E-state index contributed by atoms with van der Waals surface area (Å²) in [6.45, 7) is 0. The normalized spacial score (nSPS) is 16.4. The largest absolute Gasteiger partial charge is 0.497 e. The minimum Gasteiger partial charge on any atom is -0.497 e. The first-order chi connectivity index (χ1) is 14.0. The fourth-order valence-electron chi connectivity index (χ4n) is 2.68. The number of methoxy groups -OCH3 is 1. The van der Waals surface area contributed by atoms with Crippen LogP contribution >= 0.6 is 35.0 Å². The summed E-state index contributed by atoms with van der Waals surface area (Å²) in [6, 6.07) is 16.0. The number of hydrogen-bond donors (Lipinski definition) is 1. The molecule has 0 spiro atoms. The Morgan fingerprint density at radius 2 is 1.79 bits per heavy atom. The number of nitrogens with one attached hydrogen (secondary N) is 1. The maximum absolute atomic E-state index is 12.3. The van der Waals surface area contributed by atoms with E-state index in [4.69, 9.17) is 32.4 Å². The number of carbonyl (C=O) groups is 1. The SMILES string of the molecule is COc1ccc(N=C2NC(=O)/C(=C\c3ccc(-c4c(Cl)cccc4Cl)o3)S2)cc1. The lowest BCUT2D eigenvalue weighted by molar-refractivity contribution is -0.115. The molecule has 0 bridgehead atoms. The van der Waals surface area contributed by atoms with Crippen molar-refractivity contribution in [2.75, 3.05) is 7.11 Å². The Labute approximate surface area is 181 Å². The monoisotopic (exact) mass is 444 g/mol. The predicted molar refractivity (Wildman–Crippen MR) is 118 cm³/mol. The number of hydrogen-bond acceptors (Lipinski definition) is 5. The van der Waals surface area contributed by atoms with E-state index >= 15 is 0 Å². The van der Waals surface area contributed by atoms with Gasteiger partial charge in [0.2, 0.25) is 0 Å². The lowest BCUT2D eigenvalue weighted by Gasteiger charge is -2.02. The molecule has 8 heteroatoms. The van der Waals surface area contributed by atoms with Gasteiger partial charge < -0.3 is 14.5 Å². The third-order valence-electron chi connectivity index (χ3n) is 4.06. The fourth-order valence-corrected chi connectivity index (χ4v) is 4.09. The van der Waals surface area contributed by atoms with Crippen molar-refractivity contribution in [2.45, 2.75) is 0 Å². The summed E-state index contributed by atoms with van der Waals surface area (Å²) in [6.07, 6.45) is 1.66. The molecule has 0 radical (unpaired) electrons. The summed E-state index contributed by atoms with van der Waals surface area (Å²) >= 11 is 13.7.